The number of aromatic nitrogens is 1. The van der Waals surface area contributed by atoms with Crippen LogP contribution in [0, 0.1) is 11.3 Å². The zero-order valence-corrected chi connectivity index (χ0v) is 22.2. The molecular weight excluding hydrogens is 500 g/mol. The molecule has 40 heavy (non-hydrogen) atoms. The number of hydrogen-bond donors (Lipinski definition) is 3. The molecule has 0 radical (unpaired) electrons. The Morgan fingerprint density at radius 3 is 2.50 bits per heavy atom. The van der Waals surface area contributed by atoms with E-state index in [1.807, 2.05) is 72.9 Å². The Hall–Kier alpha value is -5.22. The molecule has 7 heteroatoms. The normalized spacial score (nSPS) is 11.4. The highest BCUT2D eigenvalue weighted by molar-refractivity contribution is 5.87. The van der Waals surface area contributed by atoms with Gasteiger partial charge in [0.05, 0.1) is 18.7 Å². The number of carbonyl (C=O) groups is 1. The van der Waals surface area contributed by atoms with E-state index in [0.717, 1.165) is 33.3 Å². The lowest BCUT2D eigenvalue weighted by Crippen LogP contribution is -2.34. The van der Waals surface area contributed by atoms with Gasteiger partial charge in [0.1, 0.15) is 12.6 Å². The van der Waals surface area contributed by atoms with Gasteiger partial charge >= 0.3 is 0 Å². The highest BCUT2D eigenvalue weighted by Gasteiger charge is 2.22. The van der Waals surface area contributed by atoms with Gasteiger partial charge < -0.3 is 25.1 Å². The molecule has 1 atom stereocenters. The van der Waals surface area contributed by atoms with Crippen molar-refractivity contribution >= 4 is 22.5 Å². The van der Waals surface area contributed by atoms with E-state index in [4.69, 9.17) is 14.7 Å². The second-order valence-corrected chi connectivity index (χ2v) is 9.35. The van der Waals surface area contributed by atoms with E-state index in [-0.39, 0.29) is 5.91 Å². The van der Waals surface area contributed by atoms with Crippen LogP contribution in [0.1, 0.15) is 28.3 Å². The first kappa shape index (κ1) is 26.4. The van der Waals surface area contributed by atoms with Crippen molar-refractivity contribution in [3.8, 4) is 17.6 Å². The summed E-state index contributed by atoms with van der Waals surface area (Å²) in [5.74, 6) is 0.947. The van der Waals surface area contributed by atoms with Gasteiger partial charge in [-0.2, -0.15) is 5.26 Å². The number of aromatic amines is 1. The lowest BCUT2D eigenvalue weighted by atomic mass is 10.0. The lowest BCUT2D eigenvalue weighted by molar-refractivity contribution is -0.121. The van der Waals surface area contributed by atoms with Crippen molar-refractivity contribution in [2.24, 2.45) is 0 Å². The third-order valence-corrected chi connectivity index (χ3v) is 6.71. The van der Waals surface area contributed by atoms with Crippen LogP contribution in [-0.4, -0.2) is 24.5 Å². The molecule has 3 N–H and O–H groups in total. The van der Waals surface area contributed by atoms with Crippen molar-refractivity contribution in [2.45, 2.75) is 19.1 Å². The molecule has 1 heterocycles. The number of hydrogen-bond acceptors (Lipinski definition) is 5. The molecule has 7 nitrogen and oxygen atoms in total. The van der Waals surface area contributed by atoms with E-state index < -0.39 is 6.04 Å². The van der Waals surface area contributed by atoms with Crippen LogP contribution in [0.2, 0.25) is 0 Å². The van der Waals surface area contributed by atoms with Gasteiger partial charge in [0.2, 0.25) is 5.91 Å². The fraction of sp³-hybridized carbons (Fsp3) is 0.152. The van der Waals surface area contributed by atoms with Crippen LogP contribution >= 0.6 is 0 Å². The molecule has 0 aliphatic heterocycles. The van der Waals surface area contributed by atoms with Gasteiger partial charge in [-0.05, 0) is 65.6 Å². The number of nitrogens with one attached hydrogen (secondary N) is 3. The van der Waals surface area contributed by atoms with E-state index in [1.165, 1.54) is 0 Å². The van der Waals surface area contributed by atoms with Crippen LogP contribution in [0.3, 0.4) is 0 Å². The SMILES string of the molecule is COc1cc([C@H](Nc2ccc(C#N)cc2)C(=O)NCCc2c[nH]c3ccccc23)ccc1OCc1ccccc1. The molecule has 0 saturated heterocycles. The minimum absolute atomic E-state index is 0.177. The van der Waals surface area contributed by atoms with E-state index in [2.05, 4.69) is 27.8 Å². The Morgan fingerprint density at radius 2 is 1.73 bits per heavy atom. The van der Waals surface area contributed by atoms with Gasteiger partial charge in [-0.3, -0.25) is 4.79 Å². The molecule has 0 fully saturated rings. The number of anilines is 1. The molecule has 0 spiro atoms. The number of fused-ring (bicyclic) bond motifs is 1. The van der Waals surface area contributed by atoms with Crippen molar-refractivity contribution in [3.05, 3.63) is 126 Å². The molecule has 4 aromatic carbocycles. The molecule has 0 aliphatic carbocycles. The number of para-hydroxylation sites is 1. The molecule has 0 aliphatic rings. The third kappa shape index (κ3) is 6.25. The zero-order chi connectivity index (χ0) is 27.7. The number of methoxy groups -OCH3 is 1. The summed E-state index contributed by atoms with van der Waals surface area (Å²) in [5, 5.41) is 16.7. The largest absolute Gasteiger partial charge is 0.493 e. The number of nitrogens with zero attached hydrogens (tertiary/aromatic N) is 1. The summed E-state index contributed by atoms with van der Waals surface area (Å²) >= 11 is 0. The van der Waals surface area contributed by atoms with Gasteiger partial charge in [-0.15, -0.1) is 0 Å². The van der Waals surface area contributed by atoms with Crippen molar-refractivity contribution in [3.63, 3.8) is 0 Å². The number of carbonyl (C=O) groups excluding carboxylic acids is 1. The second kappa shape index (κ2) is 12.5. The smallest absolute Gasteiger partial charge is 0.247 e. The minimum Gasteiger partial charge on any atom is -0.493 e. The standard InChI is InChI=1S/C33H30N4O3/c1-39-31-19-25(13-16-30(31)40-22-24-7-3-2-4-8-24)32(37-27-14-11-23(20-34)12-15-27)33(38)35-18-17-26-21-36-29-10-6-5-9-28(26)29/h2-16,19,21,32,36-37H,17-18,22H2,1H3,(H,35,38)/t32-/m0/s1. The molecule has 0 unspecified atom stereocenters. The molecule has 5 aromatic rings. The number of benzene rings is 4. The fourth-order valence-electron chi connectivity index (χ4n) is 4.59. The van der Waals surface area contributed by atoms with Crippen molar-refractivity contribution < 1.29 is 14.3 Å². The maximum absolute atomic E-state index is 13.6. The highest BCUT2D eigenvalue weighted by Crippen LogP contribution is 2.32. The van der Waals surface area contributed by atoms with Crippen LogP contribution < -0.4 is 20.1 Å². The van der Waals surface area contributed by atoms with Crippen LogP contribution in [-0.2, 0) is 17.8 Å². The average Bonchev–Trinajstić information content (AvgIpc) is 3.42. The predicted molar refractivity (Wildman–Crippen MR) is 156 cm³/mol. The van der Waals surface area contributed by atoms with Gasteiger partial charge in [-0.25, -0.2) is 0 Å². The molecule has 1 amide bonds. The van der Waals surface area contributed by atoms with E-state index in [1.54, 1.807) is 31.4 Å². The lowest BCUT2D eigenvalue weighted by Gasteiger charge is -2.21. The molecular formula is C33H30N4O3. The first-order chi connectivity index (χ1) is 19.6. The summed E-state index contributed by atoms with van der Waals surface area (Å²) in [4.78, 5) is 16.8. The summed E-state index contributed by atoms with van der Waals surface area (Å²) in [5.41, 5.74) is 5.26. The number of amides is 1. The molecule has 5 rings (SSSR count). The fourth-order valence-corrected chi connectivity index (χ4v) is 4.59. The molecule has 0 saturated carbocycles. The third-order valence-electron chi connectivity index (χ3n) is 6.71. The Labute approximate surface area is 233 Å². The predicted octanol–water partition coefficient (Wildman–Crippen LogP) is 6.14. The van der Waals surface area contributed by atoms with Crippen molar-refractivity contribution in [1.82, 2.24) is 10.3 Å². The average molecular weight is 531 g/mol. The van der Waals surface area contributed by atoms with Crippen LogP contribution in [0.4, 0.5) is 5.69 Å². The van der Waals surface area contributed by atoms with E-state index in [9.17, 15) is 4.79 Å². The highest BCUT2D eigenvalue weighted by atomic mass is 16.5. The Morgan fingerprint density at radius 1 is 0.950 bits per heavy atom. The first-order valence-corrected chi connectivity index (χ1v) is 13.1. The van der Waals surface area contributed by atoms with E-state index in [0.29, 0.717) is 36.6 Å². The Bertz CT molecular complexity index is 1620. The van der Waals surface area contributed by atoms with Gasteiger partial charge in [0, 0.05) is 29.3 Å². The van der Waals surface area contributed by atoms with E-state index >= 15 is 0 Å². The van der Waals surface area contributed by atoms with Gasteiger partial charge in [0.25, 0.3) is 0 Å². The monoisotopic (exact) mass is 530 g/mol. The molecule has 200 valence electrons. The summed E-state index contributed by atoms with van der Waals surface area (Å²) in [6, 6.07) is 32.0. The Kier molecular flexibility index (Phi) is 8.28. The number of nitriles is 1. The maximum atomic E-state index is 13.6. The topological polar surface area (TPSA) is 99.2 Å². The van der Waals surface area contributed by atoms with Gasteiger partial charge in [-0.1, -0.05) is 54.6 Å². The number of rotatable bonds is 11. The second-order valence-electron chi connectivity index (χ2n) is 9.35. The quantitative estimate of drug-likeness (QED) is 0.191. The molecule has 0 bridgehead atoms. The summed E-state index contributed by atoms with van der Waals surface area (Å²) in [7, 11) is 1.58. The molecule has 1 aromatic heterocycles. The van der Waals surface area contributed by atoms with Crippen LogP contribution in [0.15, 0.2) is 103 Å². The maximum Gasteiger partial charge on any atom is 0.247 e. The summed E-state index contributed by atoms with van der Waals surface area (Å²) in [6.07, 6.45) is 2.68. The van der Waals surface area contributed by atoms with Crippen molar-refractivity contribution in [1.29, 1.82) is 5.26 Å². The first-order valence-electron chi connectivity index (χ1n) is 13.1. The van der Waals surface area contributed by atoms with Gasteiger partial charge in [0.15, 0.2) is 11.5 Å². The zero-order valence-electron chi connectivity index (χ0n) is 22.2. The van der Waals surface area contributed by atoms with Crippen LogP contribution in [0.25, 0.3) is 10.9 Å². The Balaban J connectivity index is 1.34. The summed E-state index contributed by atoms with van der Waals surface area (Å²) in [6.45, 7) is 0.874. The summed E-state index contributed by atoms with van der Waals surface area (Å²) < 4.78 is 11.6. The minimum atomic E-state index is -0.701. The number of H-pyrrole nitrogens is 1. The van der Waals surface area contributed by atoms with Crippen LogP contribution in [0.5, 0.6) is 11.5 Å². The number of ether oxygens (including phenoxy) is 2. The van der Waals surface area contributed by atoms with Crippen molar-refractivity contribution in [2.75, 3.05) is 19.0 Å².